The second-order valence-electron chi connectivity index (χ2n) is 3.11. The Kier molecular flexibility index (Phi) is 4.27. The second kappa shape index (κ2) is 5.33. The molecule has 0 unspecified atom stereocenters. The number of rotatable bonds is 5. The molecule has 0 aliphatic heterocycles. The lowest BCUT2D eigenvalue weighted by Crippen LogP contribution is -2.12. The van der Waals surface area contributed by atoms with Gasteiger partial charge in [0.05, 0.1) is 20.5 Å². The van der Waals surface area contributed by atoms with Crippen molar-refractivity contribution in [3.05, 3.63) is 28.3 Å². The molecule has 3 N–H and O–H groups in total. The molecule has 8 nitrogen and oxygen atoms in total. The fourth-order valence-electron chi connectivity index (χ4n) is 1.08. The van der Waals surface area contributed by atoms with Crippen molar-refractivity contribution in [2.24, 2.45) is 5.14 Å². The van der Waals surface area contributed by atoms with Crippen LogP contribution in [0.15, 0.2) is 28.0 Å². The molecule has 10 heteroatoms. The summed E-state index contributed by atoms with van der Waals surface area (Å²) in [5.41, 5.74) is -0.493. The monoisotopic (exact) mass is 292 g/mol. The lowest BCUT2D eigenvalue weighted by Gasteiger charge is -2.03. The van der Waals surface area contributed by atoms with E-state index < -0.39 is 31.5 Å². The van der Waals surface area contributed by atoms with Gasteiger partial charge >= 0.3 is 5.97 Å². The first-order chi connectivity index (χ1) is 8.21. The number of nitrogens with zero attached hydrogens (tertiary/aromatic N) is 1. The molecule has 0 aliphatic carbocycles. The van der Waals surface area contributed by atoms with Crippen molar-refractivity contribution >= 4 is 33.4 Å². The van der Waals surface area contributed by atoms with Gasteiger partial charge in [0.2, 0.25) is 10.0 Å². The number of aliphatic carboxylic acids is 1. The zero-order valence-electron chi connectivity index (χ0n) is 8.77. The minimum atomic E-state index is -4.04. The highest BCUT2D eigenvalue weighted by Gasteiger charge is 2.19. The van der Waals surface area contributed by atoms with E-state index in [9.17, 15) is 23.3 Å². The van der Waals surface area contributed by atoms with Crippen molar-refractivity contribution in [1.82, 2.24) is 0 Å². The second-order valence-corrected chi connectivity index (χ2v) is 5.69. The van der Waals surface area contributed by atoms with Gasteiger partial charge in [-0.2, -0.15) is 0 Å². The summed E-state index contributed by atoms with van der Waals surface area (Å²) in [6.07, 6.45) is 0. The Morgan fingerprint density at radius 3 is 2.56 bits per heavy atom. The van der Waals surface area contributed by atoms with Crippen molar-refractivity contribution in [2.45, 2.75) is 9.79 Å². The molecular weight excluding hydrogens is 284 g/mol. The lowest BCUT2D eigenvalue weighted by atomic mass is 10.3. The average molecular weight is 292 g/mol. The SMILES string of the molecule is NS(=O)(=O)c1ccc(SCC(=O)O)c([N+](=O)[O-])c1. The van der Waals surface area contributed by atoms with E-state index in [4.69, 9.17) is 10.2 Å². The van der Waals surface area contributed by atoms with Crippen molar-refractivity contribution in [3.8, 4) is 0 Å². The standard InChI is InChI=1S/C8H8N2O6S2/c9-18(15,16)5-1-2-7(17-4-8(11)12)6(3-5)10(13)14/h1-3H,4H2,(H,11,12)(H2,9,15,16). The van der Waals surface area contributed by atoms with E-state index in [-0.39, 0.29) is 10.6 Å². The van der Waals surface area contributed by atoms with E-state index in [2.05, 4.69) is 0 Å². The van der Waals surface area contributed by atoms with E-state index >= 15 is 0 Å². The molecule has 0 spiro atoms. The molecular formula is C8H8N2O6S2. The summed E-state index contributed by atoms with van der Waals surface area (Å²) in [6.45, 7) is 0. The Labute approximate surface area is 106 Å². The van der Waals surface area contributed by atoms with Gasteiger partial charge in [0.25, 0.3) is 5.69 Å². The summed E-state index contributed by atoms with van der Waals surface area (Å²) in [6, 6.07) is 3.05. The number of carbonyl (C=O) groups is 1. The minimum Gasteiger partial charge on any atom is -0.481 e. The molecule has 0 aliphatic rings. The number of benzene rings is 1. The van der Waals surface area contributed by atoms with Crippen LogP contribution in [0.25, 0.3) is 0 Å². The third-order valence-electron chi connectivity index (χ3n) is 1.81. The van der Waals surface area contributed by atoms with E-state index in [0.717, 1.165) is 30.0 Å². The fraction of sp³-hybridized carbons (Fsp3) is 0.125. The quantitative estimate of drug-likeness (QED) is 0.455. The smallest absolute Gasteiger partial charge is 0.313 e. The summed E-state index contributed by atoms with van der Waals surface area (Å²) in [4.78, 5) is 20.0. The van der Waals surface area contributed by atoms with Gasteiger partial charge in [0.1, 0.15) is 0 Å². The van der Waals surface area contributed by atoms with Crippen LogP contribution in [-0.4, -0.2) is 30.2 Å². The van der Waals surface area contributed by atoms with Gasteiger partial charge in [0.15, 0.2) is 0 Å². The van der Waals surface area contributed by atoms with Crippen molar-refractivity contribution in [1.29, 1.82) is 0 Å². The Morgan fingerprint density at radius 2 is 2.11 bits per heavy atom. The summed E-state index contributed by atoms with van der Waals surface area (Å²) < 4.78 is 22.1. The first kappa shape index (κ1) is 14.4. The Bertz CT molecular complexity index is 598. The van der Waals surface area contributed by atoms with Gasteiger partial charge in [-0.15, -0.1) is 11.8 Å². The highest BCUT2D eigenvalue weighted by atomic mass is 32.2. The number of nitro benzene ring substituents is 1. The summed E-state index contributed by atoms with van der Waals surface area (Å²) >= 11 is 0.726. The highest BCUT2D eigenvalue weighted by molar-refractivity contribution is 8.00. The number of carboxylic acid groups (broad SMARTS) is 1. The molecule has 1 aromatic rings. The van der Waals surface area contributed by atoms with Crippen LogP contribution in [0.1, 0.15) is 0 Å². The normalized spacial score (nSPS) is 11.2. The lowest BCUT2D eigenvalue weighted by molar-refractivity contribution is -0.388. The Hall–Kier alpha value is -1.65. The van der Waals surface area contributed by atoms with Gasteiger partial charge < -0.3 is 5.11 Å². The molecule has 0 aromatic heterocycles. The molecule has 0 bridgehead atoms. The molecule has 1 rings (SSSR count). The molecule has 0 radical (unpaired) electrons. The van der Waals surface area contributed by atoms with E-state index in [1.54, 1.807) is 0 Å². The first-order valence-electron chi connectivity index (χ1n) is 4.37. The van der Waals surface area contributed by atoms with Crippen molar-refractivity contribution < 1.29 is 23.2 Å². The topological polar surface area (TPSA) is 141 Å². The number of hydrogen-bond donors (Lipinski definition) is 2. The van der Waals surface area contributed by atoms with Crippen LogP contribution >= 0.6 is 11.8 Å². The van der Waals surface area contributed by atoms with E-state index in [1.165, 1.54) is 0 Å². The number of sulfonamides is 1. The molecule has 0 atom stereocenters. The maximum Gasteiger partial charge on any atom is 0.313 e. The average Bonchev–Trinajstić information content (AvgIpc) is 2.24. The van der Waals surface area contributed by atoms with Crippen LogP contribution in [0.2, 0.25) is 0 Å². The van der Waals surface area contributed by atoms with Crippen LogP contribution in [-0.2, 0) is 14.8 Å². The zero-order chi connectivity index (χ0) is 13.9. The number of nitrogens with two attached hydrogens (primary N) is 1. The predicted molar refractivity (Wildman–Crippen MR) is 62.8 cm³/mol. The maximum atomic E-state index is 11.0. The Morgan fingerprint density at radius 1 is 1.50 bits per heavy atom. The van der Waals surface area contributed by atoms with Crippen LogP contribution in [0, 0.1) is 10.1 Å². The van der Waals surface area contributed by atoms with Gasteiger partial charge in [-0.1, -0.05) is 0 Å². The maximum absolute atomic E-state index is 11.0. The van der Waals surface area contributed by atoms with E-state index in [0.29, 0.717) is 0 Å². The third-order valence-corrected chi connectivity index (χ3v) is 3.77. The third kappa shape index (κ3) is 3.68. The number of primary sulfonamides is 1. The molecule has 0 heterocycles. The fourth-order valence-corrected chi connectivity index (χ4v) is 2.34. The summed E-state index contributed by atoms with van der Waals surface area (Å²) in [7, 11) is -4.04. The van der Waals surface area contributed by atoms with Crippen LogP contribution in [0.5, 0.6) is 0 Å². The van der Waals surface area contributed by atoms with Crippen LogP contribution in [0.3, 0.4) is 0 Å². The van der Waals surface area contributed by atoms with Crippen LogP contribution < -0.4 is 5.14 Å². The van der Waals surface area contributed by atoms with Crippen molar-refractivity contribution in [3.63, 3.8) is 0 Å². The zero-order valence-corrected chi connectivity index (χ0v) is 10.4. The summed E-state index contributed by atoms with van der Waals surface area (Å²) in [5, 5.41) is 24.1. The van der Waals surface area contributed by atoms with Gasteiger partial charge in [-0.25, -0.2) is 13.6 Å². The predicted octanol–water partition coefficient (Wildman–Crippen LogP) is 0.419. The molecule has 0 amide bonds. The molecule has 1 aromatic carbocycles. The highest BCUT2D eigenvalue weighted by Crippen LogP contribution is 2.30. The molecule has 98 valence electrons. The number of thioether (sulfide) groups is 1. The molecule has 0 fully saturated rings. The largest absolute Gasteiger partial charge is 0.481 e. The first-order valence-corrected chi connectivity index (χ1v) is 6.91. The Balaban J connectivity index is 3.21. The summed E-state index contributed by atoms with van der Waals surface area (Å²) in [5.74, 6) is -1.50. The van der Waals surface area contributed by atoms with Crippen molar-refractivity contribution in [2.75, 3.05) is 5.75 Å². The molecule has 0 saturated carbocycles. The van der Waals surface area contributed by atoms with Crippen LogP contribution in [0.4, 0.5) is 5.69 Å². The minimum absolute atomic E-state index is 0.0646. The number of nitro groups is 1. The van der Waals surface area contributed by atoms with E-state index in [1.807, 2.05) is 0 Å². The van der Waals surface area contributed by atoms with Gasteiger partial charge in [0, 0.05) is 6.07 Å². The molecule has 0 saturated heterocycles. The van der Waals surface area contributed by atoms with Gasteiger partial charge in [-0.05, 0) is 12.1 Å². The number of carboxylic acids is 1. The van der Waals surface area contributed by atoms with Gasteiger partial charge in [-0.3, -0.25) is 14.9 Å². The number of hydrogen-bond acceptors (Lipinski definition) is 6. The molecule has 18 heavy (non-hydrogen) atoms.